The Labute approximate surface area is 165 Å². The van der Waals surface area contributed by atoms with E-state index in [1.54, 1.807) is 11.0 Å². The van der Waals surface area contributed by atoms with Crippen LogP contribution in [-0.4, -0.2) is 67.3 Å². The molecule has 1 atom stereocenters. The van der Waals surface area contributed by atoms with Crippen LogP contribution >= 0.6 is 0 Å². The van der Waals surface area contributed by atoms with Crippen molar-refractivity contribution in [2.75, 3.05) is 39.6 Å². The normalized spacial score (nSPS) is 22.9. The van der Waals surface area contributed by atoms with Crippen molar-refractivity contribution >= 4 is 11.9 Å². The summed E-state index contributed by atoms with van der Waals surface area (Å²) < 4.78 is 15.9. The van der Waals surface area contributed by atoms with Gasteiger partial charge in [-0.2, -0.15) is 0 Å². The molecule has 2 saturated heterocycles. The van der Waals surface area contributed by atoms with E-state index in [1.807, 2.05) is 19.1 Å². The van der Waals surface area contributed by atoms with Crippen molar-refractivity contribution in [3.63, 3.8) is 0 Å². The van der Waals surface area contributed by atoms with Gasteiger partial charge >= 0.3 is 6.09 Å². The molecule has 3 aliphatic rings. The number of ether oxygens (including phenoxy) is 3. The van der Waals surface area contributed by atoms with Crippen LogP contribution in [0.4, 0.5) is 4.79 Å². The van der Waals surface area contributed by atoms with Crippen LogP contribution in [0.3, 0.4) is 0 Å². The van der Waals surface area contributed by atoms with E-state index < -0.39 is 0 Å². The van der Waals surface area contributed by atoms with Gasteiger partial charge in [0.05, 0.1) is 6.61 Å². The Morgan fingerprint density at radius 2 is 1.89 bits per heavy atom. The first-order valence-electron chi connectivity index (χ1n) is 10.3. The molecule has 3 heterocycles. The van der Waals surface area contributed by atoms with Gasteiger partial charge in [-0.1, -0.05) is 0 Å². The molecule has 0 bridgehead atoms. The molecule has 0 saturated carbocycles. The molecule has 7 heteroatoms. The lowest BCUT2D eigenvalue weighted by molar-refractivity contribution is 0.0532. The summed E-state index contributed by atoms with van der Waals surface area (Å²) in [7, 11) is 0. The van der Waals surface area contributed by atoms with Gasteiger partial charge in [0, 0.05) is 37.2 Å². The Morgan fingerprint density at radius 3 is 2.68 bits per heavy atom. The van der Waals surface area contributed by atoms with Crippen LogP contribution in [-0.2, 0) is 4.74 Å². The molecule has 2 fully saturated rings. The predicted molar refractivity (Wildman–Crippen MR) is 103 cm³/mol. The average molecular weight is 388 g/mol. The molecule has 7 nitrogen and oxygen atoms in total. The molecule has 3 aliphatic heterocycles. The van der Waals surface area contributed by atoms with Crippen molar-refractivity contribution in [3.8, 4) is 11.5 Å². The molecular formula is C21H28N2O5. The van der Waals surface area contributed by atoms with E-state index in [4.69, 9.17) is 14.2 Å². The molecule has 1 aromatic rings. The smallest absolute Gasteiger partial charge is 0.409 e. The van der Waals surface area contributed by atoms with Crippen molar-refractivity contribution in [3.05, 3.63) is 23.8 Å². The van der Waals surface area contributed by atoms with Gasteiger partial charge in [-0.3, -0.25) is 9.69 Å². The number of carbonyl (C=O) groups is 2. The third kappa shape index (κ3) is 3.94. The topological polar surface area (TPSA) is 68.3 Å². The number of hydrogen-bond acceptors (Lipinski definition) is 6. The minimum atomic E-state index is -0.213. The maximum atomic E-state index is 13.0. The van der Waals surface area contributed by atoms with Crippen LogP contribution in [0.15, 0.2) is 18.2 Å². The van der Waals surface area contributed by atoms with Crippen LogP contribution in [0.1, 0.15) is 43.0 Å². The number of rotatable bonds is 4. The number of ketones is 1. The van der Waals surface area contributed by atoms with Crippen LogP contribution in [0.2, 0.25) is 0 Å². The molecule has 0 aliphatic carbocycles. The summed E-state index contributed by atoms with van der Waals surface area (Å²) in [6.07, 6.45) is 3.60. The fraction of sp³-hybridized carbons (Fsp3) is 0.619. The summed E-state index contributed by atoms with van der Waals surface area (Å²) in [4.78, 5) is 29.2. The fourth-order valence-corrected chi connectivity index (χ4v) is 4.47. The number of benzene rings is 1. The first kappa shape index (κ1) is 19.1. The molecule has 152 valence electrons. The molecule has 1 unspecified atom stereocenters. The van der Waals surface area contributed by atoms with Gasteiger partial charge in [-0.25, -0.2) is 4.79 Å². The number of carbonyl (C=O) groups excluding carboxylic acids is 2. The minimum Gasteiger partial charge on any atom is -0.454 e. The molecule has 28 heavy (non-hydrogen) atoms. The minimum absolute atomic E-state index is 0.0113. The zero-order valence-electron chi connectivity index (χ0n) is 16.4. The van der Waals surface area contributed by atoms with Crippen LogP contribution in [0, 0.1) is 5.92 Å². The zero-order chi connectivity index (χ0) is 19.5. The van der Waals surface area contributed by atoms with Gasteiger partial charge in [0.25, 0.3) is 0 Å². The highest BCUT2D eigenvalue weighted by Gasteiger charge is 2.33. The van der Waals surface area contributed by atoms with Gasteiger partial charge in [0.2, 0.25) is 6.79 Å². The number of Topliss-reactive ketones (excluding diaryl/α,β-unsaturated/α-hetero) is 1. The summed E-state index contributed by atoms with van der Waals surface area (Å²) in [5.74, 6) is 1.56. The number of nitrogens with zero attached hydrogens (tertiary/aromatic N) is 2. The van der Waals surface area contributed by atoms with E-state index >= 15 is 0 Å². The summed E-state index contributed by atoms with van der Waals surface area (Å²) in [5.41, 5.74) is 0.702. The van der Waals surface area contributed by atoms with Gasteiger partial charge in [-0.05, 0) is 57.4 Å². The second kappa shape index (κ2) is 8.39. The van der Waals surface area contributed by atoms with E-state index in [-0.39, 0.29) is 24.6 Å². The number of likely N-dealkylation sites (tertiary alicyclic amines) is 2. The molecule has 0 spiro atoms. The highest BCUT2D eigenvalue weighted by atomic mass is 16.7. The first-order chi connectivity index (χ1) is 13.7. The Hall–Kier alpha value is -2.28. The average Bonchev–Trinajstić information content (AvgIpc) is 3.21. The lowest BCUT2D eigenvalue weighted by Gasteiger charge is -2.41. The van der Waals surface area contributed by atoms with Gasteiger partial charge < -0.3 is 19.1 Å². The molecule has 0 aromatic heterocycles. The third-order valence-corrected chi connectivity index (χ3v) is 5.99. The van der Waals surface area contributed by atoms with Crippen LogP contribution in [0.25, 0.3) is 0 Å². The van der Waals surface area contributed by atoms with Gasteiger partial charge in [-0.15, -0.1) is 0 Å². The van der Waals surface area contributed by atoms with Crippen molar-refractivity contribution < 1.29 is 23.8 Å². The fourth-order valence-electron chi connectivity index (χ4n) is 4.47. The Balaban J connectivity index is 1.34. The summed E-state index contributed by atoms with van der Waals surface area (Å²) >= 11 is 0. The molecule has 0 radical (unpaired) electrons. The van der Waals surface area contributed by atoms with E-state index in [1.165, 1.54) is 0 Å². The number of piperidine rings is 2. The SMILES string of the molecule is CCOC(=O)N1CCC(N2CCCC(C(=O)c3ccc4c(c3)OCO4)C2)CC1. The van der Waals surface area contributed by atoms with Gasteiger partial charge in [0.15, 0.2) is 17.3 Å². The summed E-state index contributed by atoms with van der Waals surface area (Å²) in [6.45, 7) is 5.72. The van der Waals surface area contributed by atoms with Crippen molar-refractivity contribution in [1.82, 2.24) is 9.80 Å². The van der Waals surface area contributed by atoms with Crippen LogP contribution < -0.4 is 9.47 Å². The van der Waals surface area contributed by atoms with Crippen molar-refractivity contribution in [1.29, 1.82) is 0 Å². The molecule has 1 amide bonds. The van der Waals surface area contributed by atoms with Crippen molar-refractivity contribution in [2.45, 2.75) is 38.6 Å². The zero-order valence-corrected chi connectivity index (χ0v) is 16.4. The number of amides is 1. The summed E-state index contributed by atoms with van der Waals surface area (Å²) in [5, 5.41) is 0. The number of fused-ring (bicyclic) bond motifs is 1. The first-order valence-corrected chi connectivity index (χ1v) is 10.3. The Morgan fingerprint density at radius 1 is 1.11 bits per heavy atom. The molecule has 1 aromatic carbocycles. The van der Waals surface area contributed by atoms with E-state index in [9.17, 15) is 9.59 Å². The lowest BCUT2D eigenvalue weighted by Crippen LogP contribution is -2.50. The maximum Gasteiger partial charge on any atom is 0.409 e. The lowest BCUT2D eigenvalue weighted by atomic mass is 9.88. The van der Waals surface area contributed by atoms with E-state index in [2.05, 4.69) is 4.90 Å². The highest BCUT2D eigenvalue weighted by molar-refractivity contribution is 5.98. The van der Waals surface area contributed by atoms with Gasteiger partial charge in [0.1, 0.15) is 0 Å². The Bertz CT molecular complexity index is 730. The van der Waals surface area contributed by atoms with Crippen molar-refractivity contribution in [2.24, 2.45) is 5.92 Å². The highest BCUT2D eigenvalue weighted by Crippen LogP contribution is 2.34. The second-order valence-corrected chi connectivity index (χ2v) is 7.68. The predicted octanol–water partition coefficient (Wildman–Crippen LogP) is 2.93. The third-order valence-electron chi connectivity index (χ3n) is 5.99. The standard InChI is InChI=1S/C21H28N2O5/c1-2-26-21(25)22-10-7-17(8-11-22)23-9-3-4-16(13-23)20(24)15-5-6-18-19(12-15)28-14-27-18/h5-6,12,16-17H,2-4,7-11,13-14H2,1H3. The Kier molecular flexibility index (Phi) is 5.71. The summed E-state index contributed by atoms with van der Waals surface area (Å²) in [6, 6.07) is 5.90. The monoisotopic (exact) mass is 388 g/mol. The molecule has 4 rings (SSSR count). The van der Waals surface area contributed by atoms with E-state index in [0.717, 1.165) is 51.9 Å². The molecular weight excluding hydrogens is 360 g/mol. The quantitative estimate of drug-likeness (QED) is 0.739. The molecule has 0 N–H and O–H groups in total. The largest absolute Gasteiger partial charge is 0.454 e. The van der Waals surface area contributed by atoms with Crippen LogP contribution in [0.5, 0.6) is 11.5 Å². The number of hydrogen-bond donors (Lipinski definition) is 0. The van der Waals surface area contributed by atoms with E-state index in [0.29, 0.717) is 29.7 Å². The second-order valence-electron chi connectivity index (χ2n) is 7.68. The maximum absolute atomic E-state index is 13.0.